The molecular weight excluding hydrogens is 451 g/mol. The normalized spacial score (nSPS) is 10.6. The van der Waals surface area contributed by atoms with Crippen LogP contribution < -0.4 is 16.0 Å². The van der Waals surface area contributed by atoms with E-state index in [1.54, 1.807) is 7.05 Å². The number of carbonyl (C=O) groups is 1. The molecule has 0 radical (unpaired) electrons. The Bertz CT molecular complexity index is 677. The Kier molecular flexibility index (Phi) is 9.94. The number of aliphatic imine (C=N–C) groups is 1. The van der Waals surface area contributed by atoms with Gasteiger partial charge in [-0.05, 0) is 36.2 Å². The number of rotatable bonds is 6. The summed E-state index contributed by atoms with van der Waals surface area (Å²) in [5, 5.41) is 9.71. The first kappa shape index (κ1) is 21.2. The Hall–Kier alpha value is -1.80. The van der Waals surface area contributed by atoms with Crippen LogP contribution in [0.15, 0.2) is 59.6 Å². The molecular formula is C18H22ClIN4O. The topological polar surface area (TPSA) is 65.5 Å². The van der Waals surface area contributed by atoms with Gasteiger partial charge in [-0.3, -0.25) is 9.79 Å². The summed E-state index contributed by atoms with van der Waals surface area (Å²) >= 11 is 5.86. The average Bonchev–Trinajstić information content (AvgIpc) is 2.60. The third-order valence-corrected chi connectivity index (χ3v) is 3.57. The molecule has 0 atom stereocenters. The van der Waals surface area contributed by atoms with Crippen LogP contribution in [0.1, 0.15) is 5.56 Å². The van der Waals surface area contributed by atoms with E-state index < -0.39 is 0 Å². The van der Waals surface area contributed by atoms with Crippen molar-refractivity contribution in [2.24, 2.45) is 4.99 Å². The SMILES string of the molecule is CN=C(NCCc1ccc(Cl)cc1)NCC(=O)Nc1ccccc1.I. The van der Waals surface area contributed by atoms with Gasteiger partial charge in [0.1, 0.15) is 0 Å². The minimum absolute atomic E-state index is 0. The lowest BCUT2D eigenvalue weighted by molar-refractivity contribution is -0.115. The highest BCUT2D eigenvalue weighted by molar-refractivity contribution is 14.0. The fourth-order valence-electron chi connectivity index (χ4n) is 2.09. The molecule has 0 heterocycles. The zero-order valence-corrected chi connectivity index (χ0v) is 17.0. The summed E-state index contributed by atoms with van der Waals surface area (Å²) in [6, 6.07) is 17.1. The van der Waals surface area contributed by atoms with E-state index in [0.29, 0.717) is 12.5 Å². The van der Waals surface area contributed by atoms with E-state index in [4.69, 9.17) is 11.6 Å². The highest BCUT2D eigenvalue weighted by Gasteiger charge is 2.04. The maximum atomic E-state index is 11.9. The fourth-order valence-corrected chi connectivity index (χ4v) is 2.21. The first-order valence-electron chi connectivity index (χ1n) is 7.71. The van der Waals surface area contributed by atoms with Crippen molar-refractivity contribution in [2.45, 2.75) is 6.42 Å². The van der Waals surface area contributed by atoms with Crippen molar-refractivity contribution >= 4 is 53.1 Å². The molecule has 5 nitrogen and oxygen atoms in total. The van der Waals surface area contributed by atoms with E-state index in [-0.39, 0.29) is 36.4 Å². The zero-order valence-electron chi connectivity index (χ0n) is 14.0. The van der Waals surface area contributed by atoms with E-state index >= 15 is 0 Å². The predicted octanol–water partition coefficient (Wildman–Crippen LogP) is 3.30. The molecule has 0 aliphatic rings. The van der Waals surface area contributed by atoms with Crippen LogP contribution in [0, 0.1) is 0 Å². The van der Waals surface area contributed by atoms with Crippen LogP contribution in [-0.4, -0.2) is 32.0 Å². The van der Waals surface area contributed by atoms with E-state index in [0.717, 1.165) is 17.1 Å². The van der Waals surface area contributed by atoms with E-state index in [2.05, 4.69) is 20.9 Å². The Morgan fingerprint density at radius 3 is 2.36 bits per heavy atom. The molecule has 0 aromatic heterocycles. The minimum Gasteiger partial charge on any atom is -0.356 e. The van der Waals surface area contributed by atoms with Crippen molar-refractivity contribution in [3.63, 3.8) is 0 Å². The Morgan fingerprint density at radius 2 is 1.72 bits per heavy atom. The van der Waals surface area contributed by atoms with Gasteiger partial charge in [0.25, 0.3) is 0 Å². The van der Waals surface area contributed by atoms with Crippen LogP contribution >= 0.6 is 35.6 Å². The number of para-hydroxylation sites is 1. The van der Waals surface area contributed by atoms with Gasteiger partial charge in [-0.25, -0.2) is 0 Å². The minimum atomic E-state index is -0.123. The maximum Gasteiger partial charge on any atom is 0.243 e. The molecule has 2 aromatic carbocycles. The van der Waals surface area contributed by atoms with Gasteiger partial charge in [0.05, 0.1) is 6.54 Å². The van der Waals surface area contributed by atoms with Gasteiger partial charge in [0.15, 0.2) is 5.96 Å². The van der Waals surface area contributed by atoms with Gasteiger partial charge < -0.3 is 16.0 Å². The number of hydrogen-bond acceptors (Lipinski definition) is 2. The molecule has 3 N–H and O–H groups in total. The van der Waals surface area contributed by atoms with Gasteiger partial charge in [-0.2, -0.15) is 0 Å². The molecule has 2 rings (SSSR count). The summed E-state index contributed by atoms with van der Waals surface area (Å²) in [6.07, 6.45) is 0.841. The summed E-state index contributed by atoms with van der Waals surface area (Å²) in [4.78, 5) is 16.0. The molecule has 0 bridgehead atoms. The summed E-state index contributed by atoms with van der Waals surface area (Å²) < 4.78 is 0. The van der Waals surface area contributed by atoms with Crippen molar-refractivity contribution in [3.05, 3.63) is 65.2 Å². The molecule has 7 heteroatoms. The largest absolute Gasteiger partial charge is 0.356 e. The molecule has 134 valence electrons. The molecule has 0 saturated heterocycles. The second-order valence-corrected chi connectivity index (χ2v) is 5.58. The number of halogens is 2. The molecule has 2 aromatic rings. The third-order valence-electron chi connectivity index (χ3n) is 3.32. The number of anilines is 1. The van der Waals surface area contributed by atoms with Crippen LogP contribution in [-0.2, 0) is 11.2 Å². The van der Waals surface area contributed by atoms with Crippen LogP contribution in [0.3, 0.4) is 0 Å². The first-order chi connectivity index (χ1) is 11.7. The van der Waals surface area contributed by atoms with Crippen molar-refractivity contribution in [1.82, 2.24) is 10.6 Å². The zero-order chi connectivity index (χ0) is 17.2. The average molecular weight is 473 g/mol. The van der Waals surface area contributed by atoms with Gasteiger partial charge >= 0.3 is 0 Å². The summed E-state index contributed by atoms with van der Waals surface area (Å²) in [7, 11) is 1.67. The number of carbonyl (C=O) groups excluding carboxylic acids is 1. The Morgan fingerprint density at radius 1 is 1.04 bits per heavy atom. The van der Waals surface area contributed by atoms with E-state index in [1.807, 2.05) is 54.6 Å². The molecule has 25 heavy (non-hydrogen) atoms. The highest BCUT2D eigenvalue weighted by atomic mass is 127. The van der Waals surface area contributed by atoms with Crippen LogP contribution in [0.2, 0.25) is 5.02 Å². The van der Waals surface area contributed by atoms with Crippen molar-refractivity contribution < 1.29 is 4.79 Å². The molecule has 0 unspecified atom stereocenters. The van der Waals surface area contributed by atoms with E-state index in [1.165, 1.54) is 5.56 Å². The predicted molar refractivity (Wildman–Crippen MR) is 115 cm³/mol. The van der Waals surface area contributed by atoms with Crippen molar-refractivity contribution in [2.75, 3.05) is 25.5 Å². The third kappa shape index (κ3) is 8.22. The van der Waals surface area contributed by atoms with Gasteiger partial charge in [0, 0.05) is 24.3 Å². The van der Waals surface area contributed by atoms with Gasteiger partial charge in [-0.15, -0.1) is 24.0 Å². The lowest BCUT2D eigenvalue weighted by atomic mass is 10.1. The number of guanidine groups is 1. The quantitative estimate of drug-likeness (QED) is 0.343. The molecule has 0 aliphatic carbocycles. The molecule has 0 spiro atoms. The number of nitrogens with one attached hydrogen (secondary N) is 3. The van der Waals surface area contributed by atoms with Crippen molar-refractivity contribution in [1.29, 1.82) is 0 Å². The fraction of sp³-hybridized carbons (Fsp3) is 0.222. The Balaban J connectivity index is 0.00000312. The smallest absolute Gasteiger partial charge is 0.243 e. The van der Waals surface area contributed by atoms with Gasteiger partial charge in [-0.1, -0.05) is 41.9 Å². The maximum absolute atomic E-state index is 11.9. The number of amides is 1. The molecule has 0 fully saturated rings. The van der Waals surface area contributed by atoms with E-state index in [9.17, 15) is 4.79 Å². The highest BCUT2D eigenvalue weighted by Crippen LogP contribution is 2.09. The molecule has 0 aliphatic heterocycles. The number of benzene rings is 2. The lowest BCUT2D eigenvalue weighted by Gasteiger charge is -2.12. The monoisotopic (exact) mass is 472 g/mol. The van der Waals surface area contributed by atoms with Crippen LogP contribution in [0.5, 0.6) is 0 Å². The van der Waals surface area contributed by atoms with Crippen LogP contribution in [0.25, 0.3) is 0 Å². The first-order valence-corrected chi connectivity index (χ1v) is 8.09. The lowest BCUT2D eigenvalue weighted by Crippen LogP contribution is -2.42. The second-order valence-electron chi connectivity index (χ2n) is 5.14. The number of nitrogens with zero attached hydrogens (tertiary/aromatic N) is 1. The Labute approximate surface area is 170 Å². The molecule has 1 amide bonds. The summed E-state index contributed by atoms with van der Waals surface area (Å²) in [6.45, 7) is 0.858. The number of hydrogen-bond donors (Lipinski definition) is 3. The molecule has 0 saturated carbocycles. The van der Waals surface area contributed by atoms with Crippen LogP contribution in [0.4, 0.5) is 5.69 Å². The second kappa shape index (κ2) is 11.7. The standard InChI is InChI=1S/C18H21ClN4O.HI/c1-20-18(21-12-11-14-7-9-15(19)10-8-14)22-13-17(24)23-16-5-3-2-4-6-16;/h2-10H,11-13H2,1H3,(H,23,24)(H2,20,21,22);1H. The summed E-state index contributed by atoms with van der Waals surface area (Å²) in [5.74, 6) is 0.467. The van der Waals surface area contributed by atoms with Gasteiger partial charge in [0.2, 0.25) is 5.91 Å². The summed E-state index contributed by atoms with van der Waals surface area (Å²) in [5.41, 5.74) is 1.96. The van der Waals surface area contributed by atoms with Crippen molar-refractivity contribution in [3.8, 4) is 0 Å².